The summed E-state index contributed by atoms with van der Waals surface area (Å²) in [4.78, 5) is 4.72. The molecular formula is C24H30N2O6. The summed E-state index contributed by atoms with van der Waals surface area (Å²) in [7, 11) is 0. The lowest BCUT2D eigenvalue weighted by Gasteiger charge is -2.35. The first kappa shape index (κ1) is 21.3. The molecule has 172 valence electrons. The number of aliphatic hydroxyl groups is 1. The molecule has 0 radical (unpaired) electrons. The van der Waals surface area contributed by atoms with Crippen LogP contribution in [-0.4, -0.2) is 86.5 Å². The summed E-state index contributed by atoms with van der Waals surface area (Å²) in [6, 6.07) is 13.8. The van der Waals surface area contributed by atoms with Gasteiger partial charge in [0, 0.05) is 39.3 Å². The molecule has 32 heavy (non-hydrogen) atoms. The van der Waals surface area contributed by atoms with Crippen molar-refractivity contribution in [3.05, 3.63) is 48.0 Å². The van der Waals surface area contributed by atoms with Gasteiger partial charge in [-0.05, 0) is 29.8 Å². The van der Waals surface area contributed by atoms with Crippen molar-refractivity contribution in [2.24, 2.45) is 0 Å². The summed E-state index contributed by atoms with van der Waals surface area (Å²) >= 11 is 0. The van der Waals surface area contributed by atoms with Crippen LogP contribution in [0.5, 0.6) is 23.0 Å². The molecule has 0 amide bonds. The minimum atomic E-state index is -0.521. The normalized spacial score (nSPS) is 21.5. The number of piperazine rings is 1. The fraction of sp³-hybridized carbons (Fsp3) is 0.500. The molecule has 0 bridgehead atoms. The zero-order chi connectivity index (χ0) is 21.8. The van der Waals surface area contributed by atoms with Gasteiger partial charge in [-0.25, -0.2) is 0 Å². The Hall–Kier alpha value is -2.52. The molecule has 0 spiro atoms. The summed E-state index contributed by atoms with van der Waals surface area (Å²) in [5.41, 5.74) is 1.23. The number of hydrogen-bond acceptors (Lipinski definition) is 8. The fourth-order valence-corrected chi connectivity index (χ4v) is 4.26. The number of β-amino-alcohol motifs (C(OH)–C–C–N with tert-alkyl or cyclic N) is 1. The maximum absolute atomic E-state index is 10.4. The molecule has 2 atom stereocenters. The van der Waals surface area contributed by atoms with E-state index >= 15 is 0 Å². The van der Waals surface area contributed by atoms with Gasteiger partial charge in [0.2, 0.25) is 6.79 Å². The summed E-state index contributed by atoms with van der Waals surface area (Å²) in [6.07, 6.45) is -0.677. The molecule has 1 N–H and O–H groups in total. The molecule has 1 fully saturated rings. The van der Waals surface area contributed by atoms with Crippen molar-refractivity contribution in [3.8, 4) is 23.0 Å². The molecule has 1 saturated heterocycles. The highest BCUT2D eigenvalue weighted by Crippen LogP contribution is 2.33. The van der Waals surface area contributed by atoms with Crippen LogP contribution < -0.4 is 18.9 Å². The lowest BCUT2D eigenvalue weighted by molar-refractivity contribution is -0.0322. The van der Waals surface area contributed by atoms with Crippen molar-refractivity contribution in [3.63, 3.8) is 0 Å². The Morgan fingerprint density at radius 1 is 0.906 bits per heavy atom. The lowest BCUT2D eigenvalue weighted by atomic mass is 10.1. The minimum Gasteiger partial charge on any atom is -0.486 e. The third-order valence-electron chi connectivity index (χ3n) is 5.96. The van der Waals surface area contributed by atoms with E-state index in [1.165, 1.54) is 5.56 Å². The number of hydrogen-bond donors (Lipinski definition) is 1. The van der Waals surface area contributed by atoms with Gasteiger partial charge in [0.05, 0.1) is 19.3 Å². The number of para-hydroxylation sites is 2. The Bertz CT molecular complexity index is 902. The number of aliphatic hydroxyl groups excluding tert-OH is 1. The van der Waals surface area contributed by atoms with Crippen LogP contribution in [0.2, 0.25) is 0 Å². The van der Waals surface area contributed by atoms with Gasteiger partial charge in [0.25, 0.3) is 0 Å². The Balaban J connectivity index is 0.986. The van der Waals surface area contributed by atoms with Crippen LogP contribution in [-0.2, 0) is 11.3 Å². The van der Waals surface area contributed by atoms with E-state index in [2.05, 4.69) is 21.9 Å². The van der Waals surface area contributed by atoms with Crippen LogP contribution in [0.1, 0.15) is 5.56 Å². The molecule has 2 aromatic rings. The standard InChI is InChI=1S/C24H30N2O6/c27-19(14-28-15-20-16-29-21-3-1-2-4-23(21)32-20)13-26-9-7-25(8-10-26)12-18-5-6-22-24(11-18)31-17-30-22/h1-6,11,19-20,27H,7-10,12-17H2/t19-,20-/m1/s1. The number of nitrogens with zero attached hydrogens (tertiary/aromatic N) is 2. The Morgan fingerprint density at radius 2 is 1.66 bits per heavy atom. The van der Waals surface area contributed by atoms with E-state index < -0.39 is 6.10 Å². The highest BCUT2D eigenvalue weighted by atomic mass is 16.7. The van der Waals surface area contributed by atoms with E-state index in [1.54, 1.807) is 0 Å². The first-order valence-electron chi connectivity index (χ1n) is 11.2. The first-order valence-corrected chi connectivity index (χ1v) is 11.2. The number of fused-ring (bicyclic) bond motifs is 2. The van der Waals surface area contributed by atoms with Gasteiger partial charge < -0.3 is 28.8 Å². The molecule has 3 aliphatic heterocycles. The number of rotatable bonds is 8. The van der Waals surface area contributed by atoms with Gasteiger partial charge >= 0.3 is 0 Å². The number of ether oxygens (including phenoxy) is 5. The Morgan fingerprint density at radius 3 is 2.53 bits per heavy atom. The van der Waals surface area contributed by atoms with E-state index in [0.717, 1.165) is 55.7 Å². The predicted molar refractivity (Wildman–Crippen MR) is 117 cm³/mol. The molecule has 3 heterocycles. The van der Waals surface area contributed by atoms with Crippen molar-refractivity contribution >= 4 is 0 Å². The summed E-state index contributed by atoms with van der Waals surface area (Å²) < 4.78 is 28.1. The average Bonchev–Trinajstić information content (AvgIpc) is 3.28. The van der Waals surface area contributed by atoms with Gasteiger partial charge in [0.15, 0.2) is 29.1 Å². The zero-order valence-electron chi connectivity index (χ0n) is 18.2. The van der Waals surface area contributed by atoms with Crippen molar-refractivity contribution in [2.75, 3.05) is 59.3 Å². The Labute approximate surface area is 188 Å². The van der Waals surface area contributed by atoms with Crippen LogP contribution >= 0.6 is 0 Å². The third kappa shape index (κ3) is 5.27. The minimum absolute atomic E-state index is 0.156. The van der Waals surface area contributed by atoms with Gasteiger partial charge in [0.1, 0.15) is 6.61 Å². The highest BCUT2D eigenvalue weighted by molar-refractivity contribution is 5.44. The molecule has 5 rings (SSSR count). The van der Waals surface area contributed by atoms with Crippen LogP contribution in [0.15, 0.2) is 42.5 Å². The maximum atomic E-state index is 10.4. The maximum Gasteiger partial charge on any atom is 0.231 e. The van der Waals surface area contributed by atoms with Crippen LogP contribution in [0, 0.1) is 0 Å². The second-order valence-corrected chi connectivity index (χ2v) is 8.45. The molecule has 3 aliphatic rings. The van der Waals surface area contributed by atoms with Gasteiger partial charge in [-0.1, -0.05) is 18.2 Å². The van der Waals surface area contributed by atoms with Gasteiger partial charge in [-0.15, -0.1) is 0 Å². The van der Waals surface area contributed by atoms with Crippen LogP contribution in [0.3, 0.4) is 0 Å². The molecular weight excluding hydrogens is 412 g/mol. The van der Waals surface area contributed by atoms with Crippen LogP contribution in [0.4, 0.5) is 0 Å². The molecule has 8 nitrogen and oxygen atoms in total. The fourth-order valence-electron chi connectivity index (χ4n) is 4.26. The highest BCUT2D eigenvalue weighted by Gasteiger charge is 2.23. The lowest BCUT2D eigenvalue weighted by Crippen LogP contribution is -2.48. The van der Waals surface area contributed by atoms with Crippen molar-refractivity contribution < 1.29 is 28.8 Å². The molecule has 2 aromatic carbocycles. The summed E-state index contributed by atoms with van der Waals surface area (Å²) in [6.45, 7) is 6.75. The molecule has 0 saturated carbocycles. The largest absolute Gasteiger partial charge is 0.486 e. The van der Waals surface area contributed by atoms with Crippen LogP contribution in [0.25, 0.3) is 0 Å². The van der Waals surface area contributed by atoms with Gasteiger partial charge in [-0.3, -0.25) is 9.80 Å². The van der Waals surface area contributed by atoms with Crippen molar-refractivity contribution in [1.82, 2.24) is 9.80 Å². The van der Waals surface area contributed by atoms with E-state index in [9.17, 15) is 5.11 Å². The third-order valence-corrected chi connectivity index (χ3v) is 5.96. The SMILES string of the molecule is O[C@@H](COC[C@@H]1COc2ccccc2O1)CN1CCN(Cc2ccc3c(c2)OCO3)CC1. The molecule has 0 aromatic heterocycles. The predicted octanol–water partition coefficient (Wildman–Crippen LogP) is 1.75. The van der Waals surface area contributed by atoms with Crippen molar-refractivity contribution in [2.45, 2.75) is 18.8 Å². The average molecular weight is 443 g/mol. The monoisotopic (exact) mass is 442 g/mol. The molecule has 0 aliphatic carbocycles. The summed E-state index contributed by atoms with van der Waals surface area (Å²) in [5.74, 6) is 3.16. The van der Waals surface area contributed by atoms with E-state index in [1.807, 2.05) is 30.3 Å². The van der Waals surface area contributed by atoms with E-state index in [4.69, 9.17) is 23.7 Å². The number of benzene rings is 2. The second-order valence-electron chi connectivity index (χ2n) is 8.45. The topological polar surface area (TPSA) is 72.9 Å². The van der Waals surface area contributed by atoms with E-state index in [-0.39, 0.29) is 6.10 Å². The smallest absolute Gasteiger partial charge is 0.231 e. The van der Waals surface area contributed by atoms with E-state index in [0.29, 0.717) is 33.2 Å². The first-order chi connectivity index (χ1) is 15.7. The van der Waals surface area contributed by atoms with Gasteiger partial charge in [-0.2, -0.15) is 0 Å². The molecule has 8 heteroatoms. The zero-order valence-corrected chi connectivity index (χ0v) is 18.2. The Kier molecular flexibility index (Phi) is 6.64. The summed E-state index contributed by atoms with van der Waals surface area (Å²) in [5, 5.41) is 10.4. The quantitative estimate of drug-likeness (QED) is 0.663. The molecule has 0 unspecified atom stereocenters. The van der Waals surface area contributed by atoms with Crippen molar-refractivity contribution in [1.29, 1.82) is 0 Å². The second kappa shape index (κ2) is 9.95.